The van der Waals surface area contributed by atoms with E-state index in [-0.39, 0.29) is 29.7 Å². The molecule has 0 heterocycles. The van der Waals surface area contributed by atoms with Gasteiger partial charge >= 0.3 is 6.18 Å². The standard InChI is InChI=1S/C19H19ClF3N3O3/c1-26(10-17(27)24-13-4-6-14(29-2)7-5-13)11-18(28)25-16-9-12(19(21,22)23)3-8-15(16)20/h3-9H,10-11H2,1-2H3,(H,24,27)(H,25,28). The molecule has 6 nitrogen and oxygen atoms in total. The van der Waals surface area contributed by atoms with Gasteiger partial charge in [-0.1, -0.05) is 11.6 Å². The van der Waals surface area contributed by atoms with Crippen LogP contribution < -0.4 is 15.4 Å². The van der Waals surface area contributed by atoms with E-state index >= 15 is 0 Å². The highest BCUT2D eigenvalue weighted by Crippen LogP contribution is 2.33. The molecule has 29 heavy (non-hydrogen) atoms. The Morgan fingerprint density at radius 1 is 1.03 bits per heavy atom. The van der Waals surface area contributed by atoms with Crippen LogP contribution in [0.25, 0.3) is 0 Å². The van der Waals surface area contributed by atoms with Gasteiger partial charge in [-0.25, -0.2) is 0 Å². The van der Waals surface area contributed by atoms with Crippen LogP contribution in [-0.2, 0) is 15.8 Å². The molecule has 0 aromatic heterocycles. The molecule has 0 aliphatic rings. The fraction of sp³-hybridized carbons (Fsp3) is 0.263. The van der Waals surface area contributed by atoms with Crippen molar-refractivity contribution in [1.82, 2.24) is 4.90 Å². The lowest BCUT2D eigenvalue weighted by Gasteiger charge is -2.17. The van der Waals surface area contributed by atoms with Gasteiger partial charge in [0.25, 0.3) is 0 Å². The van der Waals surface area contributed by atoms with Crippen LogP contribution in [0, 0.1) is 0 Å². The van der Waals surface area contributed by atoms with E-state index in [4.69, 9.17) is 16.3 Å². The number of anilines is 2. The number of carbonyl (C=O) groups excluding carboxylic acids is 2. The fourth-order valence-corrected chi connectivity index (χ4v) is 2.57. The maximum absolute atomic E-state index is 12.8. The summed E-state index contributed by atoms with van der Waals surface area (Å²) in [6, 6.07) is 9.35. The third kappa shape index (κ3) is 6.95. The molecule has 0 bridgehead atoms. The van der Waals surface area contributed by atoms with Gasteiger partial charge in [0, 0.05) is 5.69 Å². The molecule has 2 rings (SSSR count). The number of rotatable bonds is 7. The molecule has 0 aliphatic carbocycles. The lowest BCUT2D eigenvalue weighted by atomic mass is 10.2. The first kappa shape index (κ1) is 22.5. The summed E-state index contributed by atoms with van der Waals surface area (Å²) < 4.78 is 43.4. The number of alkyl halides is 3. The van der Waals surface area contributed by atoms with Crippen LogP contribution >= 0.6 is 11.6 Å². The van der Waals surface area contributed by atoms with Gasteiger partial charge in [-0.15, -0.1) is 0 Å². The van der Waals surface area contributed by atoms with Crippen molar-refractivity contribution >= 4 is 34.8 Å². The number of methoxy groups -OCH3 is 1. The Hall–Kier alpha value is -2.78. The first-order chi connectivity index (χ1) is 13.6. The number of benzene rings is 2. The van der Waals surface area contributed by atoms with E-state index in [2.05, 4.69) is 10.6 Å². The first-order valence-electron chi connectivity index (χ1n) is 8.37. The predicted molar refractivity (Wildman–Crippen MR) is 104 cm³/mol. The van der Waals surface area contributed by atoms with Crippen molar-refractivity contribution in [2.24, 2.45) is 0 Å². The third-order valence-corrected chi connectivity index (χ3v) is 4.10. The first-order valence-corrected chi connectivity index (χ1v) is 8.75. The number of amides is 2. The summed E-state index contributed by atoms with van der Waals surface area (Å²) in [5, 5.41) is 4.98. The number of carbonyl (C=O) groups is 2. The molecule has 2 aromatic rings. The Kier molecular flexibility index (Phi) is 7.46. The Morgan fingerprint density at radius 3 is 2.17 bits per heavy atom. The Bertz CT molecular complexity index is 873. The Labute approximate surface area is 170 Å². The molecule has 2 N–H and O–H groups in total. The van der Waals surface area contributed by atoms with Crippen molar-refractivity contribution in [1.29, 1.82) is 0 Å². The molecule has 2 amide bonds. The largest absolute Gasteiger partial charge is 0.497 e. The van der Waals surface area contributed by atoms with Gasteiger partial charge in [0.05, 0.1) is 36.5 Å². The monoisotopic (exact) mass is 429 g/mol. The maximum atomic E-state index is 12.8. The lowest BCUT2D eigenvalue weighted by Crippen LogP contribution is -2.36. The van der Waals surface area contributed by atoms with E-state index in [0.29, 0.717) is 11.4 Å². The van der Waals surface area contributed by atoms with Crippen molar-refractivity contribution in [2.45, 2.75) is 6.18 Å². The number of nitrogens with zero attached hydrogens (tertiary/aromatic N) is 1. The Morgan fingerprint density at radius 2 is 1.62 bits per heavy atom. The van der Waals surface area contributed by atoms with E-state index in [1.54, 1.807) is 24.3 Å². The van der Waals surface area contributed by atoms with Gasteiger partial charge in [0.2, 0.25) is 11.8 Å². The van der Waals surface area contributed by atoms with E-state index < -0.39 is 17.6 Å². The molecular weight excluding hydrogens is 411 g/mol. The summed E-state index contributed by atoms with van der Waals surface area (Å²) in [5.41, 5.74) is -0.517. The number of halogens is 4. The molecule has 0 saturated heterocycles. The minimum absolute atomic E-state index is 0.0220. The minimum atomic E-state index is -4.56. The molecular formula is C19H19ClF3N3O3. The quantitative estimate of drug-likeness (QED) is 0.701. The third-order valence-electron chi connectivity index (χ3n) is 3.77. The minimum Gasteiger partial charge on any atom is -0.497 e. The van der Waals surface area contributed by atoms with Crippen LogP contribution in [0.2, 0.25) is 5.02 Å². The normalized spacial score (nSPS) is 11.3. The number of hydrogen-bond donors (Lipinski definition) is 2. The van der Waals surface area contributed by atoms with Gasteiger partial charge < -0.3 is 15.4 Å². The molecule has 0 atom stereocenters. The second-order valence-corrected chi connectivity index (χ2v) is 6.60. The molecule has 0 unspecified atom stereocenters. The summed E-state index contributed by atoms with van der Waals surface area (Å²) in [4.78, 5) is 25.6. The van der Waals surface area contributed by atoms with Crippen molar-refractivity contribution in [3.05, 3.63) is 53.1 Å². The molecule has 0 spiro atoms. The highest BCUT2D eigenvalue weighted by molar-refractivity contribution is 6.33. The zero-order chi connectivity index (χ0) is 21.6. The fourth-order valence-electron chi connectivity index (χ4n) is 2.41. The smallest absolute Gasteiger partial charge is 0.416 e. The van der Waals surface area contributed by atoms with Crippen molar-refractivity contribution in [2.75, 3.05) is 37.9 Å². The molecule has 0 saturated carbocycles. The summed E-state index contributed by atoms with van der Waals surface area (Å²) in [6.45, 7) is -0.321. The molecule has 156 valence electrons. The summed E-state index contributed by atoms with van der Waals surface area (Å²) >= 11 is 5.85. The topological polar surface area (TPSA) is 70.7 Å². The van der Waals surface area contributed by atoms with Gasteiger partial charge in [-0.3, -0.25) is 14.5 Å². The number of nitrogens with one attached hydrogen (secondary N) is 2. The highest BCUT2D eigenvalue weighted by Gasteiger charge is 2.31. The zero-order valence-electron chi connectivity index (χ0n) is 15.6. The van der Waals surface area contributed by atoms with E-state index in [1.165, 1.54) is 19.1 Å². The van der Waals surface area contributed by atoms with Crippen molar-refractivity contribution in [3.8, 4) is 5.75 Å². The SMILES string of the molecule is COc1ccc(NC(=O)CN(C)CC(=O)Nc2cc(C(F)(F)F)ccc2Cl)cc1. The second-order valence-electron chi connectivity index (χ2n) is 6.19. The molecule has 0 fully saturated rings. The zero-order valence-corrected chi connectivity index (χ0v) is 16.4. The van der Waals surface area contributed by atoms with Crippen LogP contribution in [-0.4, -0.2) is 44.0 Å². The van der Waals surface area contributed by atoms with Crippen molar-refractivity contribution in [3.63, 3.8) is 0 Å². The maximum Gasteiger partial charge on any atom is 0.416 e. The molecule has 10 heteroatoms. The van der Waals surface area contributed by atoms with Crippen LogP contribution in [0.4, 0.5) is 24.5 Å². The summed E-state index contributed by atoms with van der Waals surface area (Å²) in [7, 11) is 3.06. The molecule has 0 aliphatic heterocycles. The Balaban J connectivity index is 1.89. The number of hydrogen-bond acceptors (Lipinski definition) is 4. The lowest BCUT2D eigenvalue weighted by molar-refractivity contribution is -0.137. The van der Waals surface area contributed by atoms with Gasteiger partial charge in [-0.2, -0.15) is 13.2 Å². The van der Waals surface area contributed by atoms with E-state index in [1.807, 2.05) is 0 Å². The van der Waals surface area contributed by atoms with E-state index in [9.17, 15) is 22.8 Å². The average molecular weight is 430 g/mol. The molecule has 0 radical (unpaired) electrons. The predicted octanol–water partition coefficient (Wildman–Crippen LogP) is 3.88. The number of likely N-dealkylation sites (N-methyl/N-ethyl adjacent to an activating group) is 1. The van der Waals surface area contributed by atoms with Crippen LogP contribution in [0.5, 0.6) is 5.75 Å². The second kappa shape index (κ2) is 9.62. The van der Waals surface area contributed by atoms with Gasteiger partial charge in [0.1, 0.15) is 5.75 Å². The van der Waals surface area contributed by atoms with Crippen LogP contribution in [0.15, 0.2) is 42.5 Å². The van der Waals surface area contributed by atoms with Crippen molar-refractivity contribution < 1.29 is 27.5 Å². The van der Waals surface area contributed by atoms with Crippen LogP contribution in [0.1, 0.15) is 5.56 Å². The number of ether oxygens (including phenoxy) is 1. The summed E-state index contributed by atoms with van der Waals surface area (Å²) in [5.74, 6) is -0.321. The van der Waals surface area contributed by atoms with Crippen LogP contribution in [0.3, 0.4) is 0 Å². The van der Waals surface area contributed by atoms with Gasteiger partial charge in [0.15, 0.2) is 0 Å². The summed E-state index contributed by atoms with van der Waals surface area (Å²) in [6.07, 6.45) is -4.56. The molecule has 2 aromatic carbocycles. The highest BCUT2D eigenvalue weighted by atomic mass is 35.5. The average Bonchev–Trinajstić information content (AvgIpc) is 2.62. The van der Waals surface area contributed by atoms with E-state index in [0.717, 1.165) is 18.2 Å². The van der Waals surface area contributed by atoms with Gasteiger partial charge in [-0.05, 0) is 49.5 Å².